The van der Waals surface area contributed by atoms with Crippen molar-refractivity contribution in [1.29, 1.82) is 0 Å². The summed E-state index contributed by atoms with van der Waals surface area (Å²) in [7, 11) is 2.15. The summed E-state index contributed by atoms with van der Waals surface area (Å²) in [6.07, 6.45) is 2.67. The van der Waals surface area contributed by atoms with Gasteiger partial charge in [0.05, 0.1) is 6.10 Å². The second-order valence-electron chi connectivity index (χ2n) is 3.99. The van der Waals surface area contributed by atoms with Crippen molar-refractivity contribution in [3.8, 4) is 0 Å². The third-order valence-corrected chi connectivity index (χ3v) is 3.39. The summed E-state index contributed by atoms with van der Waals surface area (Å²) >= 11 is 0. The number of epoxide rings is 1. The average Bonchev–Trinajstić information content (AvgIpc) is 2.66. The van der Waals surface area contributed by atoms with Crippen LogP contribution in [0.5, 0.6) is 0 Å². The molecule has 3 nitrogen and oxygen atoms in total. The molecule has 3 saturated heterocycles. The predicted molar refractivity (Wildman–Crippen MR) is 46.5 cm³/mol. The molecule has 70 valence electrons. The summed E-state index contributed by atoms with van der Waals surface area (Å²) in [5.74, 6) is 0. The summed E-state index contributed by atoms with van der Waals surface area (Å²) in [6.45, 7) is 0. The average molecular weight is 192 g/mol. The van der Waals surface area contributed by atoms with E-state index in [1.807, 2.05) is 0 Å². The van der Waals surface area contributed by atoms with Crippen molar-refractivity contribution < 1.29 is 9.84 Å². The molecule has 3 aliphatic rings. The number of hydrogen-bond donors (Lipinski definition) is 1. The van der Waals surface area contributed by atoms with Crippen LogP contribution in [0.25, 0.3) is 0 Å². The summed E-state index contributed by atoms with van der Waals surface area (Å²) in [4.78, 5) is 2.38. The maximum Gasteiger partial charge on any atom is 0.101 e. The van der Waals surface area contributed by atoms with Crippen molar-refractivity contribution >= 4 is 12.4 Å². The van der Waals surface area contributed by atoms with Crippen molar-refractivity contribution in [2.75, 3.05) is 7.05 Å². The molecule has 3 fully saturated rings. The van der Waals surface area contributed by atoms with E-state index in [0.717, 1.165) is 12.8 Å². The Hall–Kier alpha value is 0.170. The number of rotatable bonds is 0. The first kappa shape index (κ1) is 8.75. The van der Waals surface area contributed by atoms with Crippen LogP contribution in [0.15, 0.2) is 0 Å². The molecule has 3 heterocycles. The number of piperidine rings is 1. The lowest BCUT2D eigenvalue weighted by molar-refractivity contribution is 0.00149. The summed E-state index contributed by atoms with van der Waals surface area (Å²) in [5.41, 5.74) is 0. The molecule has 2 bridgehead atoms. The molecule has 3 rings (SSSR count). The molecule has 0 aromatic heterocycles. The minimum Gasteiger partial charge on any atom is -0.393 e. The Bertz CT molecular complexity index is 183. The Labute approximate surface area is 78.1 Å². The summed E-state index contributed by atoms with van der Waals surface area (Å²) in [6, 6.07) is 1.02. The van der Waals surface area contributed by atoms with Crippen LogP contribution in [0.3, 0.4) is 0 Å². The van der Waals surface area contributed by atoms with Gasteiger partial charge in [0.1, 0.15) is 12.2 Å². The number of fused-ring (bicyclic) bond motifs is 5. The van der Waals surface area contributed by atoms with Crippen LogP contribution in [0.2, 0.25) is 0 Å². The maximum atomic E-state index is 9.46. The van der Waals surface area contributed by atoms with Crippen molar-refractivity contribution in [2.24, 2.45) is 0 Å². The molecule has 1 N–H and O–H groups in total. The molecule has 0 spiro atoms. The van der Waals surface area contributed by atoms with E-state index in [4.69, 9.17) is 4.74 Å². The normalized spacial score (nSPS) is 56.0. The highest BCUT2D eigenvalue weighted by atomic mass is 35.5. The van der Waals surface area contributed by atoms with Crippen LogP contribution in [-0.4, -0.2) is 47.4 Å². The molecular weight excluding hydrogens is 178 g/mol. The van der Waals surface area contributed by atoms with Gasteiger partial charge in [-0.05, 0) is 19.9 Å². The molecule has 0 aromatic carbocycles. The number of morpholine rings is 1. The van der Waals surface area contributed by atoms with Crippen LogP contribution in [0.4, 0.5) is 0 Å². The van der Waals surface area contributed by atoms with Crippen molar-refractivity contribution in [2.45, 2.75) is 43.2 Å². The molecule has 0 saturated carbocycles. The second kappa shape index (κ2) is 2.58. The van der Waals surface area contributed by atoms with Gasteiger partial charge in [-0.15, -0.1) is 12.4 Å². The number of hydrogen-bond acceptors (Lipinski definition) is 3. The lowest BCUT2D eigenvalue weighted by Crippen LogP contribution is -2.46. The molecule has 5 atom stereocenters. The van der Waals surface area contributed by atoms with Gasteiger partial charge in [-0.1, -0.05) is 0 Å². The molecule has 0 radical (unpaired) electrons. The highest BCUT2D eigenvalue weighted by Gasteiger charge is 2.62. The Balaban J connectivity index is 0.000000563. The van der Waals surface area contributed by atoms with Gasteiger partial charge in [0.15, 0.2) is 0 Å². The quantitative estimate of drug-likeness (QED) is 0.549. The second-order valence-corrected chi connectivity index (χ2v) is 3.99. The lowest BCUT2D eigenvalue weighted by atomic mass is 10.00. The number of likely N-dealkylation sites (N-methyl/N-ethyl adjacent to an activating group) is 1. The van der Waals surface area contributed by atoms with Gasteiger partial charge >= 0.3 is 0 Å². The van der Waals surface area contributed by atoms with E-state index in [-0.39, 0.29) is 18.5 Å². The molecular formula is C8H14ClNO2. The molecule has 4 heteroatoms. The number of nitrogens with zero attached hydrogens (tertiary/aromatic N) is 1. The first-order valence-electron chi connectivity index (χ1n) is 4.33. The highest BCUT2D eigenvalue weighted by molar-refractivity contribution is 5.85. The van der Waals surface area contributed by atoms with E-state index in [2.05, 4.69) is 11.9 Å². The van der Waals surface area contributed by atoms with Gasteiger partial charge < -0.3 is 9.84 Å². The Kier molecular flexibility index (Phi) is 1.88. The molecule has 0 amide bonds. The monoisotopic (exact) mass is 191 g/mol. The predicted octanol–water partition coefficient (Wildman–Crippen LogP) is 0.0129. The SMILES string of the molecule is CN1[C@@H]2CC(O)C[C@H]1[C@@H]1O[C@@H]12.Cl. The van der Waals surface area contributed by atoms with E-state index in [1.54, 1.807) is 0 Å². The first-order valence-corrected chi connectivity index (χ1v) is 4.33. The largest absolute Gasteiger partial charge is 0.393 e. The number of aliphatic hydroxyl groups is 1. The zero-order valence-electron chi connectivity index (χ0n) is 7.01. The third-order valence-electron chi connectivity index (χ3n) is 3.39. The zero-order chi connectivity index (χ0) is 7.59. The van der Waals surface area contributed by atoms with Gasteiger partial charge in [-0.2, -0.15) is 0 Å². The Morgan fingerprint density at radius 1 is 1.25 bits per heavy atom. The van der Waals surface area contributed by atoms with E-state index in [0.29, 0.717) is 24.3 Å². The van der Waals surface area contributed by atoms with Crippen molar-refractivity contribution in [3.05, 3.63) is 0 Å². The third kappa shape index (κ3) is 0.940. The minimum absolute atomic E-state index is 0. The fourth-order valence-electron chi connectivity index (χ4n) is 2.72. The van der Waals surface area contributed by atoms with Gasteiger partial charge in [-0.3, -0.25) is 4.90 Å². The lowest BCUT2D eigenvalue weighted by Gasteiger charge is -2.36. The summed E-state index contributed by atoms with van der Waals surface area (Å²) in [5, 5.41) is 9.46. The Morgan fingerprint density at radius 2 is 1.75 bits per heavy atom. The van der Waals surface area contributed by atoms with Crippen LogP contribution in [0, 0.1) is 0 Å². The van der Waals surface area contributed by atoms with Crippen LogP contribution in [0.1, 0.15) is 12.8 Å². The topological polar surface area (TPSA) is 36.0 Å². The van der Waals surface area contributed by atoms with Gasteiger partial charge in [0.25, 0.3) is 0 Å². The van der Waals surface area contributed by atoms with Crippen LogP contribution in [-0.2, 0) is 4.74 Å². The first-order chi connectivity index (χ1) is 5.27. The van der Waals surface area contributed by atoms with Gasteiger partial charge in [0, 0.05) is 12.1 Å². The molecule has 12 heavy (non-hydrogen) atoms. The van der Waals surface area contributed by atoms with E-state index < -0.39 is 0 Å². The maximum absolute atomic E-state index is 9.46. The number of ether oxygens (including phenoxy) is 1. The number of halogens is 1. The highest BCUT2D eigenvalue weighted by Crippen LogP contribution is 2.47. The van der Waals surface area contributed by atoms with E-state index >= 15 is 0 Å². The van der Waals surface area contributed by atoms with E-state index in [1.165, 1.54) is 0 Å². The van der Waals surface area contributed by atoms with Gasteiger partial charge in [0.2, 0.25) is 0 Å². The van der Waals surface area contributed by atoms with Crippen LogP contribution >= 0.6 is 12.4 Å². The molecule has 0 aromatic rings. The number of aliphatic hydroxyl groups excluding tert-OH is 1. The standard InChI is InChI=1S/C8H13NO2.ClH/c1-9-5-2-4(10)3-6(9)8-7(5)11-8;/h4-8,10H,2-3H2,1H3;1H/t4?,5-,6+,7-,8+;. The molecule has 1 unspecified atom stereocenters. The van der Waals surface area contributed by atoms with Crippen molar-refractivity contribution in [1.82, 2.24) is 4.90 Å². The Morgan fingerprint density at radius 3 is 2.25 bits per heavy atom. The fraction of sp³-hybridized carbons (Fsp3) is 1.00. The minimum atomic E-state index is -0.0717. The molecule has 3 aliphatic heterocycles. The zero-order valence-corrected chi connectivity index (χ0v) is 7.83. The van der Waals surface area contributed by atoms with Gasteiger partial charge in [-0.25, -0.2) is 0 Å². The van der Waals surface area contributed by atoms with Crippen molar-refractivity contribution in [3.63, 3.8) is 0 Å². The summed E-state index contributed by atoms with van der Waals surface area (Å²) < 4.78 is 5.49. The van der Waals surface area contributed by atoms with E-state index in [9.17, 15) is 5.11 Å². The van der Waals surface area contributed by atoms with Crippen LogP contribution < -0.4 is 0 Å². The smallest absolute Gasteiger partial charge is 0.101 e. The fourth-order valence-corrected chi connectivity index (χ4v) is 2.72. The molecule has 0 aliphatic carbocycles.